The number of methoxy groups -OCH3 is 2. The molecule has 2 N–H and O–H groups in total. The van der Waals surface area contributed by atoms with Gasteiger partial charge in [0.15, 0.2) is 12.4 Å². The van der Waals surface area contributed by atoms with Gasteiger partial charge in [-0.1, -0.05) is 0 Å². The molecule has 0 saturated carbocycles. The highest BCUT2D eigenvalue weighted by Gasteiger charge is 2.52. The Morgan fingerprint density at radius 2 is 2.19 bits per heavy atom. The van der Waals surface area contributed by atoms with Crippen molar-refractivity contribution in [3.8, 4) is 0 Å². The van der Waals surface area contributed by atoms with Crippen LogP contribution in [0.25, 0.3) is 0 Å². The van der Waals surface area contributed by atoms with Crippen molar-refractivity contribution in [1.29, 1.82) is 0 Å². The molecule has 4 radical (unpaired) electrons. The van der Waals surface area contributed by atoms with Crippen LogP contribution in [0.3, 0.4) is 0 Å². The summed E-state index contributed by atoms with van der Waals surface area (Å²) in [6.07, 6.45) is -3.92. The van der Waals surface area contributed by atoms with E-state index in [1.54, 1.807) is 0 Å². The summed E-state index contributed by atoms with van der Waals surface area (Å²) in [7, 11) is 14.0. The number of hydrogen-bond acceptors (Lipinski definition) is 6. The maximum Gasteiger partial charge on any atom is 0.351 e. The van der Waals surface area contributed by atoms with Gasteiger partial charge in [-0.05, 0) is 6.07 Å². The van der Waals surface area contributed by atoms with E-state index in [1.165, 1.54) is 26.5 Å². The molecule has 4 atom stereocenters. The van der Waals surface area contributed by atoms with E-state index >= 15 is 0 Å². The Morgan fingerprint density at radius 1 is 1.52 bits per heavy atom. The Labute approximate surface area is 123 Å². The van der Waals surface area contributed by atoms with Crippen LogP contribution in [0.4, 0.5) is 10.2 Å². The van der Waals surface area contributed by atoms with Gasteiger partial charge >= 0.3 is 5.69 Å². The smallest absolute Gasteiger partial charge is 0.351 e. The molecule has 1 aliphatic rings. The van der Waals surface area contributed by atoms with E-state index in [-0.39, 0.29) is 5.82 Å². The van der Waals surface area contributed by atoms with Gasteiger partial charge in [-0.2, -0.15) is 4.98 Å². The maximum atomic E-state index is 14.5. The van der Waals surface area contributed by atoms with Crippen molar-refractivity contribution in [2.45, 2.75) is 30.0 Å². The van der Waals surface area contributed by atoms with Crippen molar-refractivity contribution >= 4 is 21.5 Å². The molecule has 0 amide bonds. The van der Waals surface area contributed by atoms with Crippen molar-refractivity contribution < 1.29 is 18.6 Å². The minimum absolute atomic E-state index is 0.0217. The summed E-state index contributed by atoms with van der Waals surface area (Å²) in [4.78, 5) is 15.3. The molecule has 21 heavy (non-hydrogen) atoms. The fourth-order valence-corrected chi connectivity index (χ4v) is 2.20. The monoisotopic (exact) mass is 293 g/mol. The molecule has 1 saturated heterocycles. The lowest BCUT2D eigenvalue weighted by Gasteiger charge is -2.33. The van der Waals surface area contributed by atoms with Gasteiger partial charge in [-0.3, -0.25) is 4.57 Å². The van der Waals surface area contributed by atoms with E-state index < -0.39 is 35.7 Å². The van der Waals surface area contributed by atoms with E-state index in [4.69, 9.17) is 35.6 Å². The fourth-order valence-electron chi connectivity index (χ4n) is 2.20. The zero-order chi connectivity index (χ0) is 15.8. The van der Waals surface area contributed by atoms with E-state index in [2.05, 4.69) is 4.98 Å². The summed E-state index contributed by atoms with van der Waals surface area (Å²) in [5.74, 6) is 0.0217. The molecule has 1 unspecified atom stereocenters. The third kappa shape index (κ3) is 2.83. The number of rotatable bonds is 4. The predicted molar refractivity (Wildman–Crippen MR) is 73.8 cm³/mol. The normalized spacial score (nSPS) is 29.7. The Hall–Kier alpha value is -1.38. The van der Waals surface area contributed by atoms with Crippen LogP contribution in [0.5, 0.6) is 0 Å². The molecule has 1 aliphatic heterocycles. The molecule has 0 aliphatic carbocycles. The van der Waals surface area contributed by atoms with E-state index in [1.807, 2.05) is 0 Å². The lowest BCUT2D eigenvalue weighted by Crippen LogP contribution is -2.52. The summed E-state index contributed by atoms with van der Waals surface area (Å²) in [5, 5.41) is -1.77. The van der Waals surface area contributed by atoms with Crippen molar-refractivity contribution in [3.63, 3.8) is 0 Å². The number of nitrogens with two attached hydrogens (primary N) is 1. The van der Waals surface area contributed by atoms with Gasteiger partial charge in [0.2, 0.25) is 0 Å². The molecule has 0 bridgehead atoms. The van der Waals surface area contributed by atoms with Crippen LogP contribution in [0.15, 0.2) is 17.1 Å². The molecule has 110 valence electrons. The van der Waals surface area contributed by atoms with Gasteiger partial charge in [0.25, 0.3) is 0 Å². The lowest BCUT2D eigenvalue weighted by atomic mass is 9.60. The second-order valence-electron chi connectivity index (χ2n) is 4.69. The number of anilines is 1. The highest BCUT2D eigenvalue weighted by Crippen LogP contribution is 2.36. The number of ether oxygens (including phenoxy) is 3. The number of nitrogen functional groups attached to an aromatic ring is 1. The first-order valence-corrected chi connectivity index (χ1v) is 6.11. The quantitative estimate of drug-likeness (QED) is 0.695. The first-order valence-electron chi connectivity index (χ1n) is 6.11. The van der Waals surface area contributed by atoms with E-state index in [9.17, 15) is 9.18 Å². The maximum absolute atomic E-state index is 14.5. The minimum atomic E-state index is -1.77. The Balaban J connectivity index is 2.37. The number of nitrogens with zero attached hydrogens (tertiary/aromatic N) is 2. The first kappa shape index (κ1) is 16.0. The molecular formula is C11H14B2FN3O4. The van der Waals surface area contributed by atoms with Gasteiger partial charge in [0.05, 0.1) is 0 Å². The summed E-state index contributed by atoms with van der Waals surface area (Å²) < 4.78 is 30.8. The van der Waals surface area contributed by atoms with Gasteiger partial charge < -0.3 is 19.9 Å². The number of aromatic nitrogens is 2. The zero-order valence-corrected chi connectivity index (χ0v) is 11.6. The van der Waals surface area contributed by atoms with Gasteiger partial charge in [0, 0.05) is 25.8 Å². The average molecular weight is 293 g/mol. The first-order chi connectivity index (χ1) is 9.81. The van der Waals surface area contributed by atoms with Crippen LogP contribution in [0, 0.1) is 0 Å². The molecule has 1 aromatic heterocycles. The molecule has 0 aromatic carbocycles. The van der Waals surface area contributed by atoms with Crippen LogP contribution in [-0.4, -0.2) is 63.2 Å². The van der Waals surface area contributed by atoms with Crippen LogP contribution in [0.1, 0.15) is 6.23 Å². The van der Waals surface area contributed by atoms with Crippen LogP contribution >= 0.6 is 0 Å². The van der Waals surface area contributed by atoms with E-state index in [0.717, 1.165) is 4.57 Å². The van der Waals surface area contributed by atoms with Crippen molar-refractivity contribution in [2.75, 3.05) is 20.0 Å². The van der Waals surface area contributed by atoms with Crippen molar-refractivity contribution in [3.05, 3.63) is 22.7 Å². The zero-order valence-electron chi connectivity index (χ0n) is 11.6. The SMILES string of the molecule is [B]C([B])(OC)C1O[C@@H](n2ccc(N)nc2=O)[C@H](F)[C@@H]1OC. The highest BCUT2D eigenvalue weighted by atomic mass is 19.1. The molecule has 1 fully saturated rings. The second kappa shape index (κ2) is 5.78. The summed E-state index contributed by atoms with van der Waals surface area (Å²) in [6.45, 7) is 0. The summed E-state index contributed by atoms with van der Waals surface area (Å²) in [6, 6.07) is 1.35. The number of alkyl halides is 1. The lowest BCUT2D eigenvalue weighted by molar-refractivity contribution is -0.0912. The summed E-state index contributed by atoms with van der Waals surface area (Å²) in [5.41, 5.74) is 4.63. The minimum Gasteiger partial charge on any atom is -0.395 e. The predicted octanol–water partition coefficient (Wildman–Crippen LogP) is -1.29. The fraction of sp³-hybridized carbons (Fsp3) is 0.636. The molecule has 2 rings (SSSR count). The van der Waals surface area contributed by atoms with Crippen molar-refractivity contribution in [2.24, 2.45) is 0 Å². The standard InChI is InChI=1S/C11H14B2FN3O4/c1-19-7-6(14)9(21-8(7)11(12,13)20-2)17-4-3-5(15)16-10(17)18/h3-4,6-9H,1-2H3,(H2,15,16,18)/t6-,7+,8?,9-/m1/s1. The second-order valence-corrected chi connectivity index (χ2v) is 4.69. The third-order valence-corrected chi connectivity index (χ3v) is 3.37. The Kier molecular flexibility index (Phi) is 4.40. The molecule has 1 aromatic rings. The third-order valence-electron chi connectivity index (χ3n) is 3.37. The Morgan fingerprint density at radius 3 is 2.71 bits per heavy atom. The van der Waals surface area contributed by atoms with Gasteiger partial charge in [-0.25, -0.2) is 9.18 Å². The van der Waals surface area contributed by atoms with Crippen molar-refractivity contribution in [1.82, 2.24) is 9.55 Å². The van der Waals surface area contributed by atoms with E-state index in [0.29, 0.717) is 0 Å². The topological polar surface area (TPSA) is 88.6 Å². The van der Waals surface area contributed by atoms with Crippen LogP contribution < -0.4 is 11.4 Å². The highest BCUT2D eigenvalue weighted by molar-refractivity contribution is 6.39. The number of halogens is 1. The molecular weight excluding hydrogens is 279 g/mol. The van der Waals surface area contributed by atoms with Crippen LogP contribution in [0.2, 0.25) is 0 Å². The molecule has 10 heteroatoms. The van der Waals surface area contributed by atoms with Gasteiger partial charge in [-0.15, -0.1) is 0 Å². The molecule has 7 nitrogen and oxygen atoms in total. The van der Waals surface area contributed by atoms with Gasteiger partial charge in [0.1, 0.15) is 33.7 Å². The summed E-state index contributed by atoms with van der Waals surface area (Å²) >= 11 is 0. The molecule has 2 heterocycles. The largest absolute Gasteiger partial charge is 0.395 e. The Bertz CT molecular complexity index is 571. The van der Waals surface area contributed by atoms with Crippen LogP contribution in [-0.2, 0) is 14.2 Å². The molecule has 0 spiro atoms. The number of hydrogen-bond donors (Lipinski definition) is 1. The average Bonchev–Trinajstić information content (AvgIpc) is 2.76.